The van der Waals surface area contributed by atoms with Crippen molar-refractivity contribution in [2.24, 2.45) is 11.3 Å². The number of carbonyl (C=O) groups excluding carboxylic acids is 1. The maximum atomic E-state index is 12.6. The highest BCUT2D eigenvalue weighted by molar-refractivity contribution is 6.30. The van der Waals surface area contributed by atoms with E-state index in [-0.39, 0.29) is 29.1 Å². The molecule has 0 bridgehead atoms. The summed E-state index contributed by atoms with van der Waals surface area (Å²) in [6.07, 6.45) is 1.74. The molecule has 4 heteroatoms. The van der Waals surface area contributed by atoms with Crippen LogP contribution in [0, 0.1) is 29.6 Å². The van der Waals surface area contributed by atoms with E-state index >= 15 is 0 Å². The zero-order chi connectivity index (χ0) is 19.2. The Morgan fingerprint density at radius 1 is 1.22 bits per heavy atom. The summed E-state index contributed by atoms with van der Waals surface area (Å²) in [6, 6.07) is 16.5. The molecule has 2 aromatic carbocycles. The zero-order valence-corrected chi connectivity index (χ0v) is 16.4. The Morgan fingerprint density at radius 2 is 1.96 bits per heavy atom. The second-order valence-electron chi connectivity index (χ2n) is 8.16. The van der Waals surface area contributed by atoms with Gasteiger partial charge in [-0.1, -0.05) is 42.8 Å². The van der Waals surface area contributed by atoms with E-state index in [0.29, 0.717) is 11.6 Å². The van der Waals surface area contributed by atoms with Gasteiger partial charge in [0.2, 0.25) is 5.91 Å². The van der Waals surface area contributed by atoms with Crippen LogP contribution in [0.5, 0.6) is 0 Å². The molecule has 138 valence electrons. The molecule has 0 unspecified atom stereocenters. The number of hydrogen-bond acceptors (Lipinski definition) is 2. The van der Waals surface area contributed by atoms with Crippen molar-refractivity contribution in [3.63, 3.8) is 0 Å². The molecule has 4 rings (SSSR count). The van der Waals surface area contributed by atoms with E-state index in [1.165, 1.54) is 5.56 Å². The van der Waals surface area contributed by atoms with Crippen LogP contribution >= 0.6 is 11.6 Å². The van der Waals surface area contributed by atoms with Crippen LogP contribution in [0.15, 0.2) is 42.5 Å². The number of aryl methyl sites for hydroxylation is 1. The van der Waals surface area contributed by atoms with Gasteiger partial charge in [-0.15, -0.1) is 0 Å². The zero-order valence-electron chi connectivity index (χ0n) is 15.6. The third-order valence-corrected chi connectivity index (χ3v) is 6.90. The van der Waals surface area contributed by atoms with Gasteiger partial charge in [-0.3, -0.25) is 4.79 Å². The van der Waals surface area contributed by atoms with Gasteiger partial charge in [0.25, 0.3) is 0 Å². The lowest BCUT2D eigenvalue weighted by Gasteiger charge is -2.45. The number of amides is 1. The fourth-order valence-corrected chi connectivity index (χ4v) is 5.25. The highest BCUT2D eigenvalue weighted by Gasteiger charge is 2.54. The third kappa shape index (κ3) is 2.93. The number of nitrogens with one attached hydrogen (secondary N) is 1. The van der Waals surface area contributed by atoms with E-state index in [2.05, 4.69) is 42.6 Å². The molecule has 1 saturated heterocycles. The molecule has 1 saturated carbocycles. The highest BCUT2D eigenvalue weighted by Crippen LogP contribution is 2.57. The molecule has 2 aliphatic rings. The minimum absolute atomic E-state index is 0.161. The minimum Gasteiger partial charge on any atom is -0.355 e. The van der Waals surface area contributed by atoms with Gasteiger partial charge in [-0.25, -0.2) is 0 Å². The SMILES string of the molecule is Cc1ccc([C@@H]2CC[C@@]3(C)C(=O)NC[C@H]3[C@H]2c2ccc(Cl)cc2)c(C#N)c1. The van der Waals surface area contributed by atoms with E-state index in [9.17, 15) is 10.1 Å². The summed E-state index contributed by atoms with van der Waals surface area (Å²) >= 11 is 6.12. The summed E-state index contributed by atoms with van der Waals surface area (Å²) in [6.45, 7) is 4.80. The van der Waals surface area contributed by atoms with Crippen molar-refractivity contribution in [1.29, 1.82) is 5.26 Å². The minimum atomic E-state index is -0.349. The van der Waals surface area contributed by atoms with Gasteiger partial charge in [0.05, 0.1) is 17.0 Å². The van der Waals surface area contributed by atoms with Crippen LogP contribution in [0.2, 0.25) is 5.02 Å². The number of nitriles is 1. The molecule has 1 aliphatic heterocycles. The molecule has 1 aliphatic carbocycles. The second-order valence-corrected chi connectivity index (χ2v) is 8.60. The molecule has 2 aromatic rings. The smallest absolute Gasteiger partial charge is 0.226 e. The van der Waals surface area contributed by atoms with Crippen molar-refractivity contribution in [2.75, 3.05) is 6.54 Å². The van der Waals surface area contributed by atoms with Gasteiger partial charge in [0.15, 0.2) is 0 Å². The predicted molar refractivity (Wildman–Crippen MR) is 107 cm³/mol. The van der Waals surface area contributed by atoms with Crippen LogP contribution < -0.4 is 5.32 Å². The van der Waals surface area contributed by atoms with Crippen molar-refractivity contribution >= 4 is 17.5 Å². The van der Waals surface area contributed by atoms with E-state index < -0.39 is 0 Å². The number of halogens is 1. The van der Waals surface area contributed by atoms with Crippen LogP contribution in [-0.4, -0.2) is 12.5 Å². The first-order valence-corrected chi connectivity index (χ1v) is 9.86. The van der Waals surface area contributed by atoms with Gasteiger partial charge < -0.3 is 5.32 Å². The molecular weight excluding hydrogens is 356 g/mol. The topological polar surface area (TPSA) is 52.9 Å². The summed E-state index contributed by atoms with van der Waals surface area (Å²) in [4.78, 5) is 12.6. The second kappa shape index (κ2) is 6.69. The number of fused-ring (bicyclic) bond motifs is 1. The number of carbonyl (C=O) groups is 1. The fraction of sp³-hybridized carbons (Fsp3) is 0.391. The van der Waals surface area contributed by atoms with Gasteiger partial charge in [-0.05, 0) is 72.4 Å². The Labute approximate surface area is 165 Å². The largest absolute Gasteiger partial charge is 0.355 e. The number of benzene rings is 2. The van der Waals surface area contributed by atoms with Crippen molar-refractivity contribution in [1.82, 2.24) is 5.32 Å². The summed E-state index contributed by atoms with van der Waals surface area (Å²) in [5.74, 6) is 0.758. The van der Waals surface area contributed by atoms with Crippen molar-refractivity contribution in [2.45, 2.75) is 38.5 Å². The van der Waals surface area contributed by atoms with Crippen molar-refractivity contribution < 1.29 is 4.79 Å². The average molecular weight is 379 g/mol. The molecule has 2 fully saturated rings. The van der Waals surface area contributed by atoms with Crippen molar-refractivity contribution in [3.8, 4) is 6.07 Å². The van der Waals surface area contributed by atoms with Crippen LogP contribution in [0.1, 0.15) is 53.9 Å². The molecular formula is C23H23ClN2O. The lowest BCUT2D eigenvalue weighted by atomic mass is 9.57. The summed E-state index contributed by atoms with van der Waals surface area (Å²) < 4.78 is 0. The highest BCUT2D eigenvalue weighted by atomic mass is 35.5. The van der Waals surface area contributed by atoms with E-state index in [4.69, 9.17) is 11.6 Å². The van der Waals surface area contributed by atoms with E-state index in [1.54, 1.807) is 0 Å². The monoisotopic (exact) mass is 378 g/mol. The summed E-state index contributed by atoms with van der Waals surface area (Å²) in [5, 5.41) is 13.5. The molecule has 1 N–H and O–H groups in total. The Balaban J connectivity index is 1.85. The number of rotatable bonds is 2. The van der Waals surface area contributed by atoms with Gasteiger partial charge in [-0.2, -0.15) is 5.26 Å². The number of hydrogen-bond donors (Lipinski definition) is 1. The molecule has 1 amide bonds. The normalized spacial score (nSPS) is 29.7. The Kier molecular flexibility index (Phi) is 4.48. The number of nitrogens with zero attached hydrogens (tertiary/aromatic N) is 1. The molecule has 0 spiro atoms. The van der Waals surface area contributed by atoms with E-state index in [1.807, 2.05) is 25.1 Å². The molecule has 0 aromatic heterocycles. The lowest BCUT2D eigenvalue weighted by Crippen LogP contribution is -2.41. The predicted octanol–water partition coefficient (Wildman–Crippen LogP) is 4.93. The molecule has 27 heavy (non-hydrogen) atoms. The van der Waals surface area contributed by atoms with Gasteiger partial charge in [0.1, 0.15) is 0 Å². The fourth-order valence-electron chi connectivity index (χ4n) is 5.12. The lowest BCUT2D eigenvalue weighted by molar-refractivity contribution is -0.129. The molecule has 4 atom stereocenters. The van der Waals surface area contributed by atoms with E-state index in [0.717, 1.165) is 29.5 Å². The quantitative estimate of drug-likeness (QED) is 0.805. The van der Waals surface area contributed by atoms with Crippen LogP contribution in [0.4, 0.5) is 0 Å². The Morgan fingerprint density at radius 3 is 2.67 bits per heavy atom. The Bertz CT molecular complexity index is 930. The van der Waals surface area contributed by atoms with Gasteiger partial charge in [0, 0.05) is 11.6 Å². The molecule has 1 heterocycles. The first kappa shape index (κ1) is 18.1. The first-order valence-electron chi connectivity index (χ1n) is 9.48. The molecule has 0 radical (unpaired) electrons. The third-order valence-electron chi connectivity index (χ3n) is 6.64. The van der Waals surface area contributed by atoms with Crippen molar-refractivity contribution in [3.05, 3.63) is 69.7 Å². The average Bonchev–Trinajstić information content (AvgIpc) is 2.97. The Hall–Kier alpha value is -2.31. The van der Waals surface area contributed by atoms with Crippen LogP contribution in [0.3, 0.4) is 0 Å². The van der Waals surface area contributed by atoms with Crippen LogP contribution in [0.25, 0.3) is 0 Å². The first-order chi connectivity index (χ1) is 12.9. The maximum Gasteiger partial charge on any atom is 0.226 e. The standard InChI is InChI=1S/C23H23ClN2O/c1-14-3-8-18(16(11-14)12-25)19-9-10-23(2)20(13-26-22(23)27)21(19)15-4-6-17(24)7-5-15/h3-8,11,19-21H,9-10,13H2,1-2H3,(H,26,27)/t19-,20-,21-,23+/m0/s1. The van der Waals surface area contributed by atoms with Gasteiger partial charge >= 0.3 is 0 Å². The summed E-state index contributed by atoms with van der Waals surface area (Å²) in [7, 11) is 0. The summed E-state index contributed by atoms with van der Waals surface area (Å²) in [5.41, 5.74) is 3.79. The molecule has 3 nitrogen and oxygen atoms in total. The maximum absolute atomic E-state index is 12.6. The van der Waals surface area contributed by atoms with Crippen LogP contribution in [-0.2, 0) is 4.79 Å².